The number of piperidine rings is 1. The van der Waals surface area contributed by atoms with Gasteiger partial charge in [-0.05, 0) is 19.4 Å². The zero-order valence-electron chi connectivity index (χ0n) is 12.5. The third-order valence-electron chi connectivity index (χ3n) is 4.07. The summed E-state index contributed by atoms with van der Waals surface area (Å²) < 4.78 is 0. The minimum absolute atomic E-state index is 0.00852. The van der Waals surface area contributed by atoms with Gasteiger partial charge in [0.2, 0.25) is 0 Å². The Balaban J connectivity index is 2.16. The van der Waals surface area contributed by atoms with Crippen LogP contribution in [0.25, 0.3) is 0 Å². The van der Waals surface area contributed by atoms with Crippen molar-refractivity contribution in [2.45, 2.75) is 25.8 Å². The first kappa shape index (κ1) is 15.5. The summed E-state index contributed by atoms with van der Waals surface area (Å²) in [6, 6.07) is 3.16. The second-order valence-electron chi connectivity index (χ2n) is 5.25. The van der Waals surface area contributed by atoms with Crippen LogP contribution in [0.5, 0.6) is 0 Å². The number of nitrogens with two attached hydrogens (primary N) is 1. The summed E-state index contributed by atoms with van der Waals surface area (Å²) >= 11 is 0. The van der Waals surface area contributed by atoms with Crippen molar-refractivity contribution >= 4 is 17.3 Å². The SMILES string of the molecule is CCN1CCC(N(C)c2cc([N+](=O)[O-])cc(NN)n2)CC1. The van der Waals surface area contributed by atoms with Crippen molar-refractivity contribution in [3.8, 4) is 0 Å². The van der Waals surface area contributed by atoms with Gasteiger partial charge in [-0.3, -0.25) is 10.1 Å². The summed E-state index contributed by atoms with van der Waals surface area (Å²) in [6.07, 6.45) is 2.06. The Morgan fingerprint density at radius 2 is 2.19 bits per heavy atom. The largest absolute Gasteiger partial charge is 0.356 e. The van der Waals surface area contributed by atoms with Gasteiger partial charge in [0.1, 0.15) is 11.6 Å². The van der Waals surface area contributed by atoms with Crippen LogP contribution in [-0.4, -0.2) is 47.5 Å². The molecule has 0 aliphatic carbocycles. The molecule has 1 aromatic heterocycles. The molecule has 0 atom stereocenters. The van der Waals surface area contributed by atoms with E-state index in [0.29, 0.717) is 17.7 Å². The van der Waals surface area contributed by atoms with E-state index in [-0.39, 0.29) is 5.69 Å². The number of likely N-dealkylation sites (tertiary alicyclic amines) is 1. The van der Waals surface area contributed by atoms with Gasteiger partial charge in [-0.15, -0.1) is 0 Å². The lowest BCUT2D eigenvalue weighted by Crippen LogP contribution is -2.43. The number of hydrogen-bond donors (Lipinski definition) is 2. The molecule has 8 nitrogen and oxygen atoms in total. The summed E-state index contributed by atoms with van der Waals surface area (Å²) in [7, 11) is 1.93. The van der Waals surface area contributed by atoms with Gasteiger partial charge in [-0.25, -0.2) is 10.8 Å². The maximum atomic E-state index is 11.0. The van der Waals surface area contributed by atoms with Crippen LogP contribution >= 0.6 is 0 Å². The quantitative estimate of drug-likeness (QED) is 0.478. The number of nitrogens with one attached hydrogen (secondary N) is 1. The van der Waals surface area contributed by atoms with E-state index in [1.54, 1.807) is 0 Å². The number of nitro groups is 1. The van der Waals surface area contributed by atoms with E-state index in [4.69, 9.17) is 5.84 Å². The second kappa shape index (κ2) is 6.68. The van der Waals surface area contributed by atoms with Crippen LogP contribution in [0.2, 0.25) is 0 Å². The van der Waals surface area contributed by atoms with Crippen molar-refractivity contribution in [2.24, 2.45) is 5.84 Å². The fourth-order valence-corrected chi connectivity index (χ4v) is 2.67. The zero-order chi connectivity index (χ0) is 15.4. The average Bonchev–Trinajstić information content (AvgIpc) is 2.53. The first-order chi connectivity index (χ1) is 10.0. The third-order valence-corrected chi connectivity index (χ3v) is 4.07. The standard InChI is InChI=1S/C13H22N6O2/c1-3-18-6-4-10(5-7-18)17(2)13-9-11(19(20)21)8-12(15-13)16-14/h8-10H,3-7,14H2,1-2H3,(H,15,16). The van der Waals surface area contributed by atoms with E-state index >= 15 is 0 Å². The topological polar surface area (TPSA) is 101 Å². The highest BCUT2D eigenvalue weighted by molar-refractivity contribution is 5.55. The van der Waals surface area contributed by atoms with Gasteiger partial charge in [0.05, 0.1) is 17.1 Å². The monoisotopic (exact) mass is 294 g/mol. The highest BCUT2D eigenvalue weighted by Gasteiger charge is 2.24. The predicted octanol–water partition coefficient (Wildman–Crippen LogP) is 1.20. The van der Waals surface area contributed by atoms with Gasteiger partial charge in [0, 0.05) is 26.2 Å². The zero-order valence-corrected chi connectivity index (χ0v) is 12.5. The molecule has 0 aromatic carbocycles. The Morgan fingerprint density at radius 1 is 1.52 bits per heavy atom. The molecule has 3 N–H and O–H groups in total. The van der Waals surface area contributed by atoms with Gasteiger partial charge in [-0.2, -0.15) is 0 Å². The molecule has 1 fully saturated rings. The van der Waals surface area contributed by atoms with Gasteiger partial charge in [-0.1, -0.05) is 6.92 Å². The number of nitrogen functional groups attached to an aromatic ring is 1. The van der Waals surface area contributed by atoms with Crippen LogP contribution in [0.4, 0.5) is 17.3 Å². The highest BCUT2D eigenvalue weighted by Crippen LogP contribution is 2.26. The second-order valence-corrected chi connectivity index (χ2v) is 5.25. The number of aromatic nitrogens is 1. The van der Waals surface area contributed by atoms with E-state index in [1.165, 1.54) is 12.1 Å². The Labute approximate surface area is 124 Å². The lowest BCUT2D eigenvalue weighted by molar-refractivity contribution is -0.384. The van der Waals surface area contributed by atoms with E-state index < -0.39 is 4.92 Å². The number of hydrazine groups is 1. The molecule has 2 rings (SSSR count). The molecular weight excluding hydrogens is 272 g/mol. The van der Waals surface area contributed by atoms with Crippen LogP contribution in [0, 0.1) is 10.1 Å². The molecular formula is C13H22N6O2. The molecule has 1 saturated heterocycles. The summed E-state index contributed by atoms with van der Waals surface area (Å²) in [6.45, 7) is 5.31. The first-order valence-corrected chi connectivity index (χ1v) is 7.13. The molecule has 0 radical (unpaired) electrons. The van der Waals surface area contributed by atoms with Crippen LogP contribution in [0.1, 0.15) is 19.8 Å². The Kier molecular flexibility index (Phi) is 4.92. The Morgan fingerprint density at radius 3 is 2.71 bits per heavy atom. The first-order valence-electron chi connectivity index (χ1n) is 7.13. The van der Waals surface area contributed by atoms with Crippen LogP contribution in [-0.2, 0) is 0 Å². The fraction of sp³-hybridized carbons (Fsp3) is 0.615. The lowest BCUT2D eigenvalue weighted by atomic mass is 10.0. The van der Waals surface area contributed by atoms with Crippen molar-refractivity contribution < 1.29 is 4.92 Å². The molecule has 0 saturated carbocycles. The van der Waals surface area contributed by atoms with E-state index in [0.717, 1.165) is 32.5 Å². The predicted molar refractivity (Wildman–Crippen MR) is 82.2 cm³/mol. The Bertz CT molecular complexity index is 501. The van der Waals surface area contributed by atoms with Crippen molar-refractivity contribution in [3.63, 3.8) is 0 Å². The number of hydrogen-bond acceptors (Lipinski definition) is 7. The lowest BCUT2D eigenvalue weighted by Gasteiger charge is -2.36. The van der Waals surface area contributed by atoms with Crippen molar-refractivity contribution in [1.82, 2.24) is 9.88 Å². The fourth-order valence-electron chi connectivity index (χ4n) is 2.67. The van der Waals surface area contributed by atoms with E-state index in [2.05, 4.69) is 22.2 Å². The molecule has 21 heavy (non-hydrogen) atoms. The third kappa shape index (κ3) is 3.59. The molecule has 0 bridgehead atoms. The van der Waals surface area contributed by atoms with Crippen LogP contribution in [0.3, 0.4) is 0 Å². The average molecular weight is 294 g/mol. The number of rotatable bonds is 5. The molecule has 1 aromatic rings. The van der Waals surface area contributed by atoms with Crippen molar-refractivity contribution in [3.05, 3.63) is 22.2 Å². The summed E-state index contributed by atoms with van der Waals surface area (Å²) in [4.78, 5) is 19.3. The molecule has 8 heteroatoms. The molecule has 1 aliphatic heterocycles. The van der Waals surface area contributed by atoms with E-state index in [1.807, 2.05) is 11.9 Å². The molecule has 1 aliphatic rings. The molecule has 2 heterocycles. The molecule has 0 spiro atoms. The number of anilines is 2. The molecule has 0 amide bonds. The minimum atomic E-state index is -0.431. The Hall–Kier alpha value is -1.93. The van der Waals surface area contributed by atoms with E-state index in [9.17, 15) is 10.1 Å². The summed E-state index contributed by atoms with van der Waals surface area (Å²) in [5.74, 6) is 6.22. The summed E-state index contributed by atoms with van der Waals surface area (Å²) in [5.41, 5.74) is 2.38. The number of pyridine rings is 1. The van der Waals surface area contributed by atoms with Crippen molar-refractivity contribution in [1.29, 1.82) is 0 Å². The van der Waals surface area contributed by atoms with Gasteiger partial charge in [0.15, 0.2) is 0 Å². The van der Waals surface area contributed by atoms with Crippen LogP contribution in [0.15, 0.2) is 12.1 Å². The molecule has 0 unspecified atom stereocenters. The normalized spacial score (nSPS) is 16.7. The van der Waals surface area contributed by atoms with Gasteiger partial charge in [0.25, 0.3) is 5.69 Å². The van der Waals surface area contributed by atoms with Crippen LogP contribution < -0.4 is 16.2 Å². The molecule has 116 valence electrons. The maximum Gasteiger partial charge on any atom is 0.276 e. The maximum absolute atomic E-state index is 11.0. The minimum Gasteiger partial charge on any atom is -0.356 e. The smallest absolute Gasteiger partial charge is 0.276 e. The van der Waals surface area contributed by atoms with Gasteiger partial charge >= 0.3 is 0 Å². The van der Waals surface area contributed by atoms with Crippen molar-refractivity contribution in [2.75, 3.05) is 37.0 Å². The van der Waals surface area contributed by atoms with Gasteiger partial charge < -0.3 is 15.2 Å². The highest BCUT2D eigenvalue weighted by atomic mass is 16.6. The summed E-state index contributed by atoms with van der Waals surface area (Å²) in [5, 5.41) is 11.0. The number of nitrogens with zero attached hydrogens (tertiary/aromatic N) is 4.